The van der Waals surface area contributed by atoms with Crippen molar-refractivity contribution in [1.82, 2.24) is 10.6 Å². The Hall–Kier alpha value is -3.15. The molecule has 0 heterocycles. The highest BCUT2D eigenvalue weighted by Crippen LogP contribution is 2.13. The van der Waals surface area contributed by atoms with Crippen LogP contribution in [-0.2, 0) is 30.3 Å². The predicted molar refractivity (Wildman–Crippen MR) is 108 cm³/mol. The van der Waals surface area contributed by atoms with Crippen LogP contribution >= 0.6 is 0 Å². The third-order valence-corrected chi connectivity index (χ3v) is 3.84. The van der Waals surface area contributed by atoms with E-state index in [0.717, 1.165) is 5.56 Å². The number of alkyl halides is 3. The second-order valence-corrected chi connectivity index (χ2v) is 6.85. The van der Waals surface area contributed by atoms with Crippen molar-refractivity contribution in [2.45, 2.75) is 45.5 Å². The summed E-state index contributed by atoms with van der Waals surface area (Å²) in [5, 5.41) is 12.3. The van der Waals surface area contributed by atoms with Crippen molar-refractivity contribution in [2.24, 2.45) is 11.7 Å². The van der Waals surface area contributed by atoms with Crippen LogP contribution < -0.4 is 16.4 Å². The second kappa shape index (κ2) is 14.0. The number of nitrogens with two attached hydrogens (primary N) is 1. The minimum atomic E-state index is -5.08. The normalized spacial score (nSPS) is 12.6. The Labute approximate surface area is 183 Å². The maximum Gasteiger partial charge on any atom is 0.490 e. The lowest BCUT2D eigenvalue weighted by Crippen LogP contribution is -2.54. The fourth-order valence-electron chi connectivity index (χ4n) is 2.24. The van der Waals surface area contributed by atoms with Gasteiger partial charge in [-0.2, -0.15) is 13.2 Å². The zero-order valence-corrected chi connectivity index (χ0v) is 17.9. The first-order valence-corrected chi connectivity index (χ1v) is 9.62. The van der Waals surface area contributed by atoms with E-state index in [2.05, 4.69) is 10.6 Å². The molecule has 0 unspecified atom stereocenters. The van der Waals surface area contributed by atoms with Crippen molar-refractivity contribution >= 4 is 23.8 Å². The average Bonchev–Trinajstić information content (AvgIpc) is 2.70. The van der Waals surface area contributed by atoms with E-state index < -0.39 is 42.0 Å². The molecule has 0 saturated carbocycles. The first-order valence-electron chi connectivity index (χ1n) is 9.62. The van der Waals surface area contributed by atoms with Crippen LogP contribution in [0.3, 0.4) is 0 Å². The van der Waals surface area contributed by atoms with Gasteiger partial charge < -0.3 is 26.2 Å². The molecule has 0 aliphatic carbocycles. The molecule has 2 amide bonds. The number of nitrogens with one attached hydrogen (secondary N) is 2. The lowest BCUT2D eigenvalue weighted by molar-refractivity contribution is -0.192. The number of esters is 1. The summed E-state index contributed by atoms with van der Waals surface area (Å²) in [6.45, 7) is 5.30. The number of carbonyl (C=O) groups excluding carboxylic acids is 3. The molecular weight excluding hydrogens is 435 g/mol. The van der Waals surface area contributed by atoms with E-state index in [1.54, 1.807) is 20.8 Å². The number of halogens is 3. The van der Waals surface area contributed by atoms with Crippen LogP contribution in [0.5, 0.6) is 0 Å². The van der Waals surface area contributed by atoms with Gasteiger partial charge in [0.1, 0.15) is 12.6 Å². The molecule has 5 N–H and O–H groups in total. The highest BCUT2D eigenvalue weighted by molar-refractivity contribution is 5.91. The Morgan fingerprint density at radius 1 is 1.09 bits per heavy atom. The van der Waals surface area contributed by atoms with Gasteiger partial charge in [0, 0.05) is 0 Å². The largest absolute Gasteiger partial charge is 0.490 e. The molecule has 0 radical (unpaired) electrons. The van der Waals surface area contributed by atoms with Gasteiger partial charge >= 0.3 is 18.1 Å². The van der Waals surface area contributed by atoms with Crippen LogP contribution in [0.15, 0.2) is 30.3 Å². The van der Waals surface area contributed by atoms with Gasteiger partial charge in [0.25, 0.3) is 0 Å². The van der Waals surface area contributed by atoms with E-state index in [1.165, 1.54) is 0 Å². The van der Waals surface area contributed by atoms with Gasteiger partial charge in [-0.1, -0.05) is 44.2 Å². The minimum Gasteiger partial charge on any atom is -0.475 e. The van der Waals surface area contributed by atoms with E-state index in [0.29, 0.717) is 6.42 Å². The van der Waals surface area contributed by atoms with Crippen LogP contribution in [0.1, 0.15) is 26.3 Å². The second-order valence-electron chi connectivity index (χ2n) is 6.85. The van der Waals surface area contributed by atoms with E-state index in [1.807, 2.05) is 30.3 Å². The number of rotatable bonds is 9. The number of carboxylic acids is 1. The highest BCUT2D eigenvalue weighted by atomic mass is 19.4. The maximum atomic E-state index is 12.3. The third-order valence-electron chi connectivity index (χ3n) is 3.84. The van der Waals surface area contributed by atoms with E-state index in [4.69, 9.17) is 20.4 Å². The predicted octanol–water partition coefficient (Wildman–Crippen LogP) is 1.01. The third kappa shape index (κ3) is 11.9. The topological polar surface area (TPSA) is 148 Å². The van der Waals surface area contributed by atoms with E-state index in [-0.39, 0.29) is 19.1 Å². The fraction of sp³-hybridized carbons (Fsp3) is 0.500. The number of ether oxygens (including phenoxy) is 1. The summed E-state index contributed by atoms with van der Waals surface area (Å²) >= 11 is 0. The first-order chi connectivity index (χ1) is 14.8. The van der Waals surface area contributed by atoms with Crippen LogP contribution in [-0.4, -0.2) is 60.3 Å². The maximum absolute atomic E-state index is 12.3. The Morgan fingerprint density at radius 2 is 1.62 bits per heavy atom. The minimum absolute atomic E-state index is 0.157. The Kier molecular flexibility index (Phi) is 12.6. The molecule has 2 atom stereocenters. The smallest absolute Gasteiger partial charge is 0.475 e. The standard InChI is InChI=1S/C18H27N3O4.C2HF3O2/c1-4-25-15(22)11-20-18(24)16(12(2)3)21-17(23)14(19)10-13-8-6-5-7-9-13;3-2(4,5)1(6)7/h5-9,12,14,16H,4,10-11,19H2,1-3H3,(H,20,24)(H,21,23);(H,6,7)/t14-,16-;/m0./s1. The zero-order valence-electron chi connectivity index (χ0n) is 17.9. The Bertz CT molecular complexity index is 757. The molecule has 1 rings (SSSR count). The number of carbonyl (C=O) groups is 4. The number of hydrogen-bond acceptors (Lipinski definition) is 6. The molecule has 9 nitrogen and oxygen atoms in total. The van der Waals surface area contributed by atoms with Gasteiger partial charge in [0.15, 0.2) is 0 Å². The average molecular weight is 463 g/mol. The highest BCUT2D eigenvalue weighted by Gasteiger charge is 2.38. The van der Waals surface area contributed by atoms with Crippen molar-refractivity contribution < 1.29 is 42.2 Å². The molecule has 1 aromatic rings. The molecule has 0 fully saturated rings. The summed E-state index contributed by atoms with van der Waals surface area (Å²) in [6.07, 6.45) is -4.71. The van der Waals surface area contributed by atoms with Crippen molar-refractivity contribution in [3.8, 4) is 0 Å². The molecule has 0 aliphatic heterocycles. The van der Waals surface area contributed by atoms with Gasteiger partial charge in [-0.3, -0.25) is 14.4 Å². The van der Waals surface area contributed by atoms with Crippen LogP contribution in [0.25, 0.3) is 0 Å². The van der Waals surface area contributed by atoms with Crippen LogP contribution in [0.2, 0.25) is 0 Å². The zero-order chi connectivity index (χ0) is 24.9. The van der Waals surface area contributed by atoms with Crippen molar-refractivity contribution in [3.63, 3.8) is 0 Å². The van der Waals surface area contributed by atoms with Gasteiger partial charge in [0.2, 0.25) is 11.8 Å². The summed E-state index contributed by atoms with van der Waals surface area (Å²) < 4.78 is 36.5. The summed E-state index contributed by atoms with van der Waals surface area (Å²) in [4.78, 5) is 44.8. The van der Waals surface area contributed by atoms with Gasteiger partial charge in [-0.05, 0) is 24.8 Å². The number of amides is 2. The number of carboxylic acid groups (broad SMARTS) is 1. The van der Waals surface area contributed by atoms with E-state index in [9.17, 15) is 27.6 Å². The van der Waals surface area contributed by atoms with Gasteiger partial charge in [-0.25, -0.2) is 4.79 Å². The number of benzene rings is 1. The Balaban J connectivity index is 0.00000118. The lowest BCUT2D eigenvalue weighted by Gasteiger charge is -2.23. The monoisotopic (exact) mass is 463 g/mol. The first kappa shape index (κ1) is 28.9. The number of hydrogen-bond donors (Lipinski definition) is 4. The summed E-state index contributed by atoms with van der Waals surface area (Å²) in [5.74, 6) is -4.29. The molecule has 1 aromatic carbocycles. The molecule has 0 spiro atoms. The Morgan fingerprint density at radius 3 is 2.06 bits per heavy atom. The van der Waals surface area contributed by atoms with E-state index >= 15 is 0 Å². The summed E-state index contributed by atoms with van der Waals surface area (Å²) in [6, 6.07) is 7.88. The molecule has 0 aliphatic rings. The SMILES string of the molecule is CCOC(=O)CNC(=O)[C@@H](NC(=O)[C@@H](N)Cc1ccccc1)C(C)C.O=C(O)C(F)(F)F. The van der Waals surface area contributed by atoms with Gasteiger partial charge in [-0.15, -0.1) is 0 Å². The molecule has 180 valence electrons. The van der Waals surface area contributed by atoms with Crippen molar-refractivity contribution in [2.75, 3.05) is 13.2 Å². The molecule has 0 aromatic heterocycles. The number of aliphatic carboxylic acids is 1. The van der Waals surface area contributed by atoms with Crippen molar-refractivity contribution in [3.05, 3.63) is 35.9 Å². The lowest BCUT2D eigenvalue weighted by atomic mass is 10.0. The molecule has 32 heavy (non-hydrogen) atoms. The quantitative estimate of drug-likeness (QED) is 0.400. The molecular formula is C20H28F3N3O6. The van der Waals surface area contributed by atoms with Crippen LogP contribution in [0.4, 0.5) is 13.2 Å². The summed E-state index contributed by atoms with van der Waals surface area (Å²) in [7, 11) is 0. The van der Waals surface area contributed by atoms with Gasteiger partial charge in [0.05, 0.1) is 12.6 Å². The molecule has 12 heteroatoms. The molecule has 0 saturated heterocycles. The fourth-order valence-corrected chi connectivity index (χ4v) is 2.24. The summed E-state index contributed by atoms with van der Waals surface area (Å²) in [5.41, 5.74) is 6.88. The van der Waals surface area contributed by atoms with Crippen LogP contribution in [0, 0.1) is 5.92 Å². The van der Waals surface area contributed by atoms with Crippen molar-refractivity contribution in [1.29, 1.82) is 0 Å². The molecule has 0 bridgehead atoms.